The number of nitrogens with zero attached hydrogens (tertiary/aromatic N) is 2. The smallest absolute Gasteiger partial charge is 0.269 e. The first-order valence-corrected chi connectivity index (χ1v) is 9.20. The Morgan fingerprint density at radius 1 is 1.21 bits per heavy atom. The molecule has 0 bridgehead atoms. The molecule has 0 aliphatic rings. The van der Waals surface area contributed by atoms with E-state index in [9.17, 15) is 20.2 Å². The van der Waals surface area contributed by atoms with E-state index in [2.05, 4.69) is 21.2 Å². The highest BCUT2D eigenvalue weighted by molar-refractivity contribution is 9.10. The summed E-state index contributed by atoms with van der Waals surface area (Å²) < 4.78 is 6.65. The number of furan rings is 1. The fourth-order valence-corrected chi connectivity index (χ4v) is 2.85. The Morgan fingerprint density at radius 2 is 1.93 bits per heavy atom. The van der Waals surface area contributed by atoms with Crippen LogP contribution in [0.15, 0.2) is 69.1 Å². The molecule has 0 saturated heterocycles. The van der Waals surface area contributed by atoms with E-state index in [1.807, 2.05) is 30.3 Å². The topological polar surface area (TPSA) is 109 Å². The van der Waals surface area contributed by atoms with Crippen LogP contribution < -0.4 is 5.32 Å². The third-order valence-corrected chi connectivity index (χ3v) is 4.60. The Hall–Kier alpha value is -3.70. The normalized spacial score (nSPS) is 11.0. The SMILES string of the molecule is Cc1cc([N+](=O)[O-])ccc1NC(=O)/C(C#N)=C/c1ccc(-c2ccc(Br)cc2)o1. The number of non-ortho nitro benzene ring substituents is 1. The number of aryl methyl sites for hydroxylation is 1. The van der Waals surface area contributed by atoms with Crippen LogP contribution in [0.2, 0.25) is 0 Å². The van der Waals surface area contributed by atoms with E-state index in [0.29, 0.717) is 22.8 Å². The fraction of sp³-hybridized carbons (Fsp3) is 0.0476. The zero-order valence-corrected chi connectivity index (χ0v) is 16.8. The van der Waals surface area contributed by atoms with Crippen molar-refractivity contribution in [3.8, 4) is 17.4 Å². The van der Waals surface area contributed by atoms with Gasteiger partial charge in [-0.1, -0.05) is 28.1 Å². The van der Waals surface area contributed by atoms with Gasteiger partial charge >= 0.3 is 0 Å². The van der Waals surface area contributed by atoms with E-state index < -0.39 is 10.8 Å². The third kappa shape index (κ3) is 4.78. The van der Waals surface area contributed by atoms with E-state index in [1.54, 1.807) is 19.1 Å². The van der Waals surface area contributed by atoms with Gasteiger partial charge in [-0.25, -0.2) is 0 Å². The Balaban J connectivity index is 1.80. The third-order valence-electron chi connectivity index (χ3n) is 4.08. The van der Waals surface area contributed by atoms with E-state index in [-0.39, 0.29) is 11.3 Å². The maximum absolute atomic E-state index is 12.5. The van der Waals surface area contributed by atoms with Crippen LogP contribution in [-0.2, 0) is 4.79 Å². The highest BCUT2D eigenvalue weighted by Gasteiger charge is 2.14. The highest BCUT2D eigenvalue weighted by Crippen LogP contribution is 2.26. The number of nitrogens with one attached hydrogen (secondary N) is 1. The van der Waals surface area contributed by atoms with Crippen molar-refractivity contribution in [1.82, 2.24) is 0 Å². The molecule has 1 amide bonds. The Kier molecular flexibility index (Phi) is 5.90. The molecular formula is C21H14BrN3O4. The van der Waals surface area contributed by atoms with Gasteiger partial charge in [-0.15, -0.1) is 0 Å². The summed E-state index contributed by atoms with van der Waals surface area (Å²) in [6, 6.07) is 16.9. The molecule has 8 heteroatoms. The van der Waals surface area contributed by atoms with Crippen molar-refractivity contribution in [2.45, 2.75) is 6.92 Å². The quantitative estimate of drug-likeness (QED) is 0.239. The Bertz CT molecular complexity index is 1160. The molecule has 0 atom stereocenters. The van der Waals surface area contributed by atoms with Gasteiger partial charge in [0.1, 0.15) is 23.2 Å². The number of anilines is 1. The van der Waals surface area contributed by atoms with Gasteiger partial charge in [-0.2, -0.15) is 5.26 Å². The maximum atomic E-state index is 12.5. The van der Waals surface area contributed by atoms with Crippen LogP contribution in [0.3, 0.4) is 0 Å². The number of rotatable bonds is 5. The van der Waals surface area contributed by atoms with Crippen LogP contribution in [0.25, 0.3) is 17.4 Å². The predicted molar refractivity (Wildman–Crippen MR) is 112 cm³/mol. The van der Waals surface area contributed by atoms with Gasteiger partial charge in [0.05, 0.1) is 4.92 Å². The summed E-state index contributed by atoms with van der Waals surface area (Å²) in [6.07, 6.45) is 1.35. The molecule has 0 radical (unpaired) electrons. The molecule has 0 saturated carbocycles. The Labute approximate surface area is 174 Å². The number of carbonyl (C=O) groups is 1. The van der Waals surface area contributed by atoms with Crippen molar-refractivity contribution in [2.75, 3.05) is 5.32 Å². The summed E-state index contributed by atoms with van der Waals surface area (Å²) in [4.78, 5) is 22.8. The van der Waals surface area contributed by atoms with Crippen molar-refractivity contribution >= 4 is 39.3 Å². The maximum Gasteiger partial charge on any atom is 0.269 e. The highest BCUT2D eigenvalue weighted by atomic mass is 79.9. The minimum absolute atomic E-state index is 0.0763. The zero-order valence-electron chi connectivity index (χ0n) is 15.2. The van der Waals surface area contributed by atoms with Crippen molar-refractivity contribution in [1.29, 1.82) is 5.26 Å². The average Bonchev–Trinajstić information content (AvgIpc) is 3.16. The Morgan fingerprint density at radius 3 is 2.55 bits per heavy atom. The molecule has 29 heavy (non-hydrogen) atoms. The van der Waals surface area contributed by atoms with Crippen molar-refractivity contribution in [3.05, 3.63) is 86.1 Å². The van der Waals surface area contributed by atoms with E-state index in [0.717, 1.165) is 10.0 Å². The minimum Gasteiger partial charge on any atom is -0.457 e. The number of hydrogen-bond acceptors (Lipinski definition) is 5. The second-order valence-electron chi connectivity index (χ2n) is 6.09. The molecule has 1 N–H and O–H groups in total. The molecule has 0 fully saturated rings. The lowest BCUT2D eigenvalue weighted by Crippen LogP contribution is -2.14. The summed E-state index contributed by atoms with van der Waals surface area (Å²) in [7, 11) is 0. The molecule has 0 aliphatic heterocycles. The van der Waals surface area contributed by atoms with Gasteiger partial charge in [0.2, 0.25) is 0 Å². The molecule has 2 aromatic carbocycles. The number of hydrogen-bond donors (Lipinski definition) is 1. The number of benzene rings is 2. The van der Waals surface area contributed by atoms with Gasteiger partial charge in [-0.3, -0.25) is 14.9 Å². The van der Waals surface area contributed by atoms with Crippen LogP contribution in [-0.4, -0.2) is 10.8 Å². The zero-order chi connectivity index (χ0) is 21.0. The van der Waals surface area contributed by atoms with Crippen molar-refractivity contribution in [3.63, 3.8) is 0 Å². The van der Waals surface area contributed by atoms with Crippen LogP contribution in [0.1, 0.15) is 11.3 Å². The van der Waals surface area contributed by atoms with Gasteiger partial charge in [0.15, 0.2) is 0 Å². The van der Waals surface area contributed by atoms with Crippen LogP contribution in [0.5, 0.6) is 0 Å². The summed E-state index contributed by atoms with van der Waals surface area (Å²) in [5.74, 6) is 0.328. The molecule has 0 aliphatic carbocycles. The number of halogens is 1. The first kappa shape index (κ1) is 20.0. The van der Waals surface area contributed by atoms with Crippen molar-refractivity contribution in [2.24, 2.45) is 0 Å². The van der Waals surface area contributed by atoms with Gasteiger partial charge < -0.3 is 9.73 Å². The number of nitriles is 1. The fourth-order valence-electron chi connectivity index (χ4n) is 2.58. The monoisotopic (exact) mass is 451 g/mol. The molecule has 1 heterocycles. The van der Waals surface area contributed by atoms with Gasteiger partial charge in [0.25, 0.3) is 11.6 Å². The lowest BCUT2D eigenvalue weighted by Gasteiger charge is -2.07. The first-order chi connectivity index (χ1) is 13.9. The molecule has 0 spiro atoms. The van der Waals surface area contributed by atoms with Crippen LogP contribution in [0.4, 0.5) is 11.4 Å². The first-order valence-electron chi connectivity index (χ1n) is 8.41. The average molecular weight is 452 g/mol. The largest absolute Gasteiger partial charge is 0.457 e. The summed E-state index contributed by atoms with van der Waals surface area (Å²) >= 11 is 3.37. The molecule has 0 unspecified atom stereocenters. The van der Waals surface area contributed by atoms with Gasteiger partial charge in [-0.05, 0) is 42.8 Å². The number of nitro benzene ring substituents is 1. The lowest BCUT2D eigenvalue weighted by molar-refractivity contribution is -0.384. The molecule has 3 rings (SSSR count). The molecule has 144 valence electrons. The van der Waals surface area contributed by atoms with Crippen LogP contribution in [0, 0.1) is 28.4 Å². The lowest BCUT2D eigenvalue weighted by atomic mass is 10.1. The second kappa shape index (κ2) is 8.54. The molecule has 7 nitrogen and oxygen atoms in total. The van der Waals surface area contributed by atoms with Gasteiger partial charge in [0, 0.05) is 33.9 Å². The van der Waals surface area contributed by atoms with Crippen molar-refractivity contribution < 1.29 is 14.1 Å². The molecule has 3 aromatic rings. The van der Waals surface area contributed by atoms with E-state index >= 15 is 0 Å². The number of nitro groups is 1. The van der Waals surface area contributed by atoms with E-state index in [1.165, 1.54) is 24.3 Å². The number of amides is 1. The predicted octanol–water partition coefficient (Wildman–Crippen LogP) is 5.47. The van der Waals surface area contributed by atoms with E-state index in [4.69, 9.17) is 4.42 Å². The summed E-state index contributed by atoms with van der Waals surface area (Å²) in [5, 5.41) is 22.8. The molecular weight excluding hydrogens is 438 g/mol. The number of carbonyl (C=O) groups excluding carboxylic acids is 1. The molecule has 1 aromatic heterocycles. The van der Waals surface area contributed by atoms with Crippen LogP contribution >= 0.6 is 15.9 Å². The second-order valence-corrected chi connectivity index (χ2v) is 7.00. The summed E-state index contributed by atoms with van der Waals surface area (Å²) in [5.41, 5.74) is 1.53. The summed E-state index contributed by atoms with van der Waals surface area (Å²) in [6.45, 7) is 1.63. The minimum atomic E-state index is -0.633. The standard InChI is InChI=1S/C21H14BrN3O4/c1-13-10-17(25(27)28)6-8-19(13)24-21(26)15(12-23)11-18-7-9-20(29-18)14-2-4-16(22)5-3-14/h2-11H,1H3,(H,24,26)/b15-11+.